The first-order valence-electron chi connectivity index (χ1n) is 12.5. The summed E-state index contributed by atoms with van der Waals surface area (Å²) >= 11 is 4.14. The molecule has 1 aromatic carbocycles. The van der Waals surface area contributed by atoms with Gasteiger partial charge < -0.3 is 49.1 Å². The molecule has 4 atom stereocenters. The van der Waals surface area contributed by atoms with Gasteiger partial charge in [-0.15, -0.1) is 0 Å². The molecule has 1 aromatic rings. The maximum atomic E-state index is 13.1. The molecule has 0 aliphatic rings. The van der Waals surface area contributed by atoms with Crippen LogP contribution in [-0.4, -0.2) is 82.9 Å². The summed E-state index contributed by atoms with van der Waals surface area (Å²) in [5.74, 6) is -3.40. The number of nitrogens with zero attached hydrogens (tertiary/aromatic N) is 1. The second-order valence-corrected chi connectivity index (χ2v) is 9.28. The SMILES string of the molecule is NCCCCC(NC(=O)C(Cc1ccc(O)cc1)NC(=O)C(CS)NC(=O)C(N)CCCN=C(N)N)C(=O)O. The smallest absolute Gasteiger partial charge is 0.326 e. The number of phenols is 1. The van der Waals surface area contributed by atoms with E-state index < -0.39 is 47.9 Å². The van der Waals surface area contributed by atoms with Crippen LogP contribution in [0.25, 0.3) is 0 Å². The Morgan fingerprint density at radius 3 is 2.03 bits per heavy atom. The molecule has 0 aliphatic carbocycles. The number of carboxylic acid groups (broad SMARTS) is 1. The molecular weight excluding hydrogens is 528 g/mol. The number of unbranched alkanes of at least 4 members (excludes halogenated alkanes) is 1. The highest BCUT2D eigenvalue weighted by Gasteiger charge is 2.30. The number of benzene rings is 1. The Morgan fingerprint density at radius 1 is 0.872 bits per heavy atom. The van der Waals surface area contributed by atoms with Crippen molar-refractivity contribution in [2.24, 2.45) is 27.9 Å². The fourth-order valence-electron chi connectivity index (χ4n) is 3.50. The van der Waals surface area contributed by atoms with Crippen LogP contribution >= 0.6 is 12.6 Å². The summed E-state index contributed by atoms with van der Waals surface area (Å²) in [6, 6.07) is 1.55. The summed E-state index contributed by atoms with van der Waals surface area (Å²) in [5.41, 5.74) is 22.5. The molecule has 13 N–H and O–H groups in total. The van der Waals surface area contributed by atoms with Gasteiger partial charge >= 0.3 is 5.97 Å². The van der Waals surface area contributed by atoms with Gasteiger partial charge in [-0.2, -0.15) is 12.6 Å². The third-order valence-electron chi connectivity index (χ3n) is 5.69. The van der Waals surface area contributed by atoms with Gasteiger partial charge in [-0.05, 0) is 56.3 Å². The van der Waals surface area contributed by atoms with Crippen LogP contribution in [0.3, 0.4) is 0 Å². The highest BCUT2D eigenvalue weighted by atomic mass is 32.1. The second-order valence-electron chi connectivity index (χ2n) is 8.91. The first kappa shape index (κ1) is 33.5. The molecule has 0 saturated carbocycles. The van der Waals surface area contributed by atoms with Crippen molar-refractivity contribution < 1.29 is 29.4 Å². The monoisotopic (exact) mass is 568 g/mol. The summed E-state index contributed by atoms with van der Waals surface area (Å²) in [4.78, 5) is 54.2. The van der Waals surface area contributed by atoms with Crippen LogP contribution in [0.15, 0.2) is 29.3 Å². The number of amides is 3. The number of hydrogen-bond donors (Lipinski definition) is 10. The van der Waals surface area contributed by atoms with E-state index in [4.69, 9.17) is 22.9 Å². The lowest BCUT2D eigenvalue weighted by molar-refractivity contribution is -0.142. The number of aliphatic carboxylic acids is 1. The molecule has 0 aromatic heterocycles. The van der Waals surface area contributed by atoms with Gasteiger partial charge in [-0.25, -0.2) is 4.79 Å². The molecule has 0 spiro atoms. The van der Waals surface area contributed by atoms with Crippen molar-refractivity contribution in [2.45, 2.75) is 62.7 Å². The Labute approximate surface area is 232 Å². The average Bonchev–Trinajstić information content (AvgIpc) is 2.89. The van der Waals surface area contributed by atoms with E-state index in [1.165, 1.54) is 12.1 Å². The van der Waals surface area contributed by atoms with Crippen molar-refractivity contribution in [1.29, 1.82) is 0 Å². The summed E-state index contributed by atoms with van der Waals surface area (Å²) in [6.07, 6.45) is 1.93. The van der Waals surface area contributed by atoms with Gasteiger partial charge in [-0.1, -0.05) is 12.1 Å². The molecule has 0 aliphatic heterocycles. The van der Waals surface area contributed by atoms with E-state index in [0.717, 1.165) is 0 Å². The minimum absolute atomic E-state index is 0.00939. The Morgan fingerprint density at radius 2 is 1.46 bits per heavy atom. The van der Waals surface area contributed by atoms with E-state index in [0.29, 0.717) is 31.4 Å². The van der Waals surface area contributed by atoms with E-state index in [1.807, 2.05) is 0 Å². The topological polar surface area (TPSA) is 261 Å². The fraction of sp³-hybridized carbons (Fsp3) is 0.542. The van der Waals surface area contributed by atoms with Gasteiger partial charge in [0.25, 0.3) is 0 Å². The molecule has 0 heterocycles. The molecule has 218 valence electrons. The number of guanidine groups is 1. The quantitative estimate of drug-likeness (QED) is 0.0399. The largest absolute Gasteiger partial charge is 0.508 e. The van der Waals surface area contributed by atoms with Crippen molar-refractivity contribution >= 4 is 42.3 Å². The minimum atomic E-state index is -1.22. The van der Waals surface area contributed by atoms with Gasteiger partial charge in [0, 0.05) is 18.7 Å². The van der Waals surface area contributed by atoms with Crippen molar-refractivity contribution in [1.82, 2.24) is 16.0 Å². The second kappa shape index (κ2) is 17.9. The molecule has 0 saturated heterocycles. The van der Waals surface area contributed by atoms with Crippen molar-refractivity contribution in [2.75, 3.05) is 18.8 Å². The standard InChI is InChI=1S/C24H40N8O6S/c25-10-2-1-5-17(23(37)38)30-21(35)18(12-14-6-8-15(33)9-7-14)31-22(36)19(13-39)32-20(34)16(26)4-3-11-29-24(27)28/h6-9,16-19,33,39H,1-5,10-13,25-26H2,(H,30,35)(H,31,36)(H,32,34)(H,37,38)(H4,27,28,29). The van der Waals surface area contributed by atoms with E-state index in [-0.39, 0.29) is 43.3 Å². The highest BCUT2D eigenvalue weighted by Crippen LogP contribution is 2.12. The first-order chi connectivity index (χ1) is 18.5. The van der Waals surface area contributed by atoms with Crippen molar-refractivity contribution in [3.8, 4) is 5.75 Å². The van der Waals surface area contributed by atoms with Crippen LogP contribution in [0.1, 0.15) is 37.7 Å². The summed E-state index contributed by atoms with van der Waals surface area (Å²) in [7, 11) is 0. The Balaban J connectivity index is 2.95. The van der Waals surface area contributed by atoms with E-state index in [9.17, 15) is 29.4 Å². The lowest BCUT2D eigenvalue weighted by atomic mass is 10.0. The molecule has 14 nitrogen and oxygen atoms in total. The van der Waals surface area contributed by atoms with Gasteiger partial charge in [-0.3, -0.25) is 19.4 Å². The molecule has 3 amide bonds. The molecule has 0 bridgehead atoms. The number of rotatable bonds is 18. The number of nitrogens with two attached hydrogens (primary N) is 4. The molecule has 0 radical (unpaired) electrons. The Kier molecular flexibility index (Phi) is 15.3. The van der Waals surface area contributed by atoms with Crippen LogP contribution in [0.4, 0.5) is 0 Å². The van der Waals surface area contributed by atoms with Crippen molar-refractivity contribution in [3.05, 3.63) is 29.8 Å². The average molecular weight is 569 g/mol. The number of phenolic OH excluding ortho intramolecular Hbond substituents is 1. The van der Waals surface area contributed by atoms with Crippen molar-refractivity contribution in [3.63, 3.8) is 0 Å². The van der Waals surface area contributed by atoms with Gasteiger partial charge in [0.15, 0.2) is 5.96 Å². The van der Waals surface area contributed by atoms with Crippen LogP contribution in [0, 0.1) is 0 Å². The predicted molar refractivity (Wildman–Crippen MR) is 150 cm³/mol. The maximum absolute atomic E-state index is 13.1. The van der Waals surface area contributed by atoms with E-state index in [2.05, 4.69) is 33.6 Å². The van der Waals surface area contributed by atoms with Crippen LogP contribution in [-0.2, 0) is 25.6 Å². The summed E-state index contributed by atoms with van der Waals surface area (Å²) < 4.78 is 0. The number of thiol groups is 1. The lowest BCUT2D eigenvalue weighted by Gasteiger charge is -2.25. The number of carbonyl (C=O) groups is 4. The number of carbonyl (C=O) groups excluding carboxylic acids is 3. The van der Waals surface area contributed by atoms with Crippen LogP contribution in [0.2, 0.25) is 0 Å². The zero-order valence-electron chi connectivity index (χ0n) is 21.7. The Bertz CT molecular complexity index is 974. The zero-order valence-corrected chi connectivity index (χ0v) is 22.6. The summed E-state index contributed by atoms with van der Waals surface area (Å²) in [6.45, 7) is 0.675. The Hall–Kier alpha value is -3.56. The highest BCUT2D eigenvalue weighted by molar-refractivity contribution is 7.80. The first-order valence-corrected chi connectivity index (χ1v) is 13.1. The molecule has 15 heteroatoms. The zero-order chi connectivity index (χ0) is 29.4. The molecular formula is C24H40N8O6S. The number of carboxylic acids is 1. The number of aliphatic imine (C=N–C) groups is 1. The molecule has 1 rings (SSSR count). The molecule has 4 unspecified atom stereocenters. The molecule has 39 heavy (non-hydrogen) atoms. The molecule has 0 fully saturated rings. The van der Waals surface area contributed by atoms with Crippen LogP contribution < -0.4 is 38.9 Å². The number of hydrogen-bond acceptors (Lipinski definition) is 9. The normalized spacial score (nSPS) is 13.8. The third kappa shape index (κ3) is 13.2. The van der Waals surface area contributed by atoms with Gasteiger partial charge in [0.1, 0.15) is 23.9 Å². The summed E-state index contributed by atoms with van der Waals surface area (Å²) in [5, 5.41) is 26.7. The van der Waals surface area contributed by atoms with E-state index >= 15 is 0 Å². The van der Waals surface area contributed by atoms with Gasteiger partial charge in [0.05, 0.1) is 6.04 Å². The van der Waals surface area contributed by atoms with E-state index in [1.54, 1.807) is 12.1 Å². The number of aromatic hydroxyl groups is 1. The number of nitrogens with one attached hydrogen (secondary N) is 3. The maximum Gasteiger partial charge on any atom is 0.326 e. The third-order valence-corrected chi connectivity index (χ3v) is 6.06. The lowest BCUT2D eigenvalue weighted by Crippen LogP contribution is -2.58. The minimum Gasteiger partial charge on any atom is -0.508 e. The fourth-order valence-corrected chi connectivity index (χ4v) is 3.75. The van der Waals surface area contributed by atoms with Crippen LogP contribution in [0.5, 0.6) is 5.75 Å². The predicted octanol–water partition coefficient (Wildman–Crippen LogP) is -2.09. The van der Waals surface area contributed by atoms with Gasteiger partial charge in [0.2, 0.25) is 17.7 Å².